The second-order valence-electron chi connectivity index (χ2n) is 4.10. The maximum atomic E-state index is 5.77. The minimum atomic E-state index is 0.389. The van der Waals surface area contributed by atoms with E-state index in [4.69, 9.17) is 4.74 Å². The fourth-order valence-electron chi connectivity index (χ4n) is 1.72. The maximum Gasteiger partial charge on any atom is 0.166 e. The van der Waals surface area contributed by atoms with Gasteiger partial charge in [-0.1, -0.05) is 17.7 Å². The second-order valence-corrected chi connectivity index (χ2v) is 4.10. The van der Waals surface area contributed by atoms with Crippen molar-refractivity contribution in [2.75, 3.05) is 7.05 Å². The first-order chi connectivity index (χ1) is 8.79. The van der Waals surface area contributed by atoms with Crippen molar-refractivity contribution < 1.29 is 4.74 Å². The van der Waals surface area contributed by atoms with E-state index in [9.17, 15) is 0 Å². The largest absolute Gasteiger partial charge is 0.485 e. The van der Waals surface area contributed by atoms with Crippen LogP contribution in [0.25, 0.3) is 0 Å². The first-order valence-electron chi connectivity index (χ1n) is 5.92. The molecule has 94 valence electrons. The molecule has 0 aliphatic carbocycles. The highest BCUT2D eigenvalue weighted by atomic mass is 16.5. The molecule has 1 N–H and O–H groups in total. The fourth-order valence-corrected chi connectivity index (χ4v) is 1.72. The Kier molecular flexibility index (Phi) is 4.25. The second kappa shape index (κ2) is 6.12. The molecule has 0 aliphatic rings. The van der Waals surface area contributed by atoms with E-state index in [2.05, 4.69) is 28.3 Å². The molecule has 0 fully saturated rings. The molecule has 0 atom stereocenters. The van der Waals surface area contributed by atoms with Gasteiger partial charge in [0, 0.05) is 24.5 Å². The van der Waals surface area contributed by atoms with Crippen molar-refractivity contribution in [2.45, 2.75) is 20.1 Å². The number of nitrogens with one attached hydrogen (secondary N) is 1. The van der Waals surface area contributed by atoms with Crippen LogP contribution in [-0.2, 0) is 13.2 Å². The lowest BCUT2D eigenvalue weighted by Gasteiger charge is -2.11. The highest BCUT2D eigenvalue weighted by Crippen LogP contribution is 2.20. The number of ether oxygens (including phenoxy) is 1. The van der Waals surface area contributed by atoms with Crippen LogP contribution in [0.2, 0.25) is 0 Å². The summed E-state index contributed by atoms with van der Waals surface area (Å²) in [6.07, 6.45) is 3.44. The molecule has 0 unspecified atom stereocenters. The van der Waals surface area contributed by atoms with E-state index in [0.717, 1.165) is 17.9 Å². The lowest BCUT2D eigenvalue weighted by Crippen LogP contribution is -2.08. The Labute approximate surface area is 107 Å². The minimum absolute atomic E-state index is 0.389. The Balaban J connectivity index is 2.09. The molecular formula is C14H17N3O. The zero-order valence-corrected chi connectivity index (χ0v) is 10.7. The first-order valence-corrected chi connectivity index (χ1v) is 5.92. The van der Waals surface area contributed by atoms with Crippen LogP contribution in [-0.4, -0.2) is 17.0 Å². The van der Waals surface area contributed by atoms with Crippen LogP contribution in [0.5, 0.6) is 5.75 Å². The monoisotopic (exact) mass is 243 g/mol. The summed E-state index contributed by atoms with van der Waals surface area (Å²) >= 11 is 0. The summed E-state index contributed by atoms with van der Waals surface area (Å²) in [5, 5.41) is 3.14. The Morgan fingerprint density at radius 2 is 2.00 bits per heavy atom. The SMILES string of the molecule is CNCc1cc(C)ccc1OCc1ncccn1. The molecule has 0 radical (unpaired) electrons. The molecule has 0 saturated heterocycles. The van der Waals surface area contributed by atoms with E-state index in [1.165, 1.54) is 5.56 Å². The molecule has 2 aromatic rings. The fraction of sp³-hybridized carbons (Fsp3) is 0.286. The summed E-state index contributed by atoms with van der Waals surface area (Å²) in [4.78, 5) is 8.27. The van der Waals surface area contributed by atoms with E-state index in [1.807, 2.05) is 19.2 Å². The van der Waals surface area contributed by atoms with Gasteiger partial charge in [0.25, 0.3) is 0 Å². The predicted molar refractivity (Wildman–Crippen MR) is 70.3 cm³/mol. The number of aromatic nitrogens is 2. The maximum absolute atomic E-state index is 5.77. The molecule has 0 saturated carbocycles. The van der Waals surface area contributed by atoms with Crippen molar-refractivity contribution in [3.05, 3.63) is 53.6 Å². The van der Waals surface area contributed by atoms with E-state index in [0.29, 0.717) is 12.4 Å². The van der Waals surface area contributed by atoms with Crippen LogP contribution in [0.15, 0.2) is 36.7 Å². The highest BCUT2D eigenvalue weighted by molar-refractivity contribution is 5.36. The van der Waals surface area contributed by atoms with Crippen LogP contribution in [0.1, 0.15) is 17.0 Å². The summed E-state index contributed by atoms with van der Waals surface area (Å²) in [6.45, 7) is 3.25. The van der Waals surface area contributed by atoms with Gasteiger partial charge in [-0.2, -0.15) is 0 Å². The van der Waals surface area contributed by atoms with Gasteiger partial charge in [0.2, 0.25) is 0 Å². The number of aryl methyl sites for hydroxylation is 1. The van der Waals surface area contributed by atoms with Crippen molar-refractivity contribution in [1.29, 1.82) is 0 Å². The smallest absolute Gasteiger partial charge is 0.166 e. The first kappa shape index (κ1) is 12.5. The predicted octanol–water partition coefficient (Wildman–Crippen LogP) is 2.08. The number of nitrogens with zero attached hydrogens (tertiary/aromatic N) is 2. The van der Waals surface area contributed by atoms with E-state index >= 15 is 0 Å². The third kappa shape index (κ3) is 3.28. The average molecular weight is 243 g/mol. The zero-order chi connectivity index (χ0) is 12.8. The van der Waals surface area contributed by atoms with Crippen LogP contribution >= 0.6 is 0 Å². The van der Waals surface area contributed by atoms with Gasteiger partial charge in [-0.15, -0.1) is 0 Å². The van der Waals surface area contributed by atoms with Gasteiger partial charge in [0.15, 0.2) is 5.82 Å². The molecule has 0 amide bonds. The molecular weight excluding hydrogens is 226 g/mol. The Morgan fingerprint density at radius 1 is 1.22 bits per heavy atom. The van der Waals surface area contributed by atoms with Gasteiger partial charge in [-0.05, 0) is 26.1 Å². The Hall–Kier alpha value is -1.94. The van der Waals surface area contributed by atoms with Crippen molar-refractivity contribution in [2.24, 2.45) is 0 Å². The number of hydrogen-bond acceptors (Lipinski definition) is 4. The van der Waals surface area contributed by atoms with E-state index in [-0.39, 0.29) is 0 Å². The minimum Gasteiger partial charge on any atom is -0.485 e. The molecule has 2 rings (SSSR count). The summed E-state index contributed by atoms with van der Waals surface area (Å²) < 4.78 is 5.77. The third-order valence-corrected chi connectivity index (χ3v) is 2.56. The molecule has 18 heavy (non-hydrogen) atoms. The van der Waals surface area contributed by atoms with E-state index in [1.54, 1.807) is 18.5 Å². The molecule has 4 heteroatoms. The van der Waals surface area contributed by atoms with Gasteiger partial charge in [0.1, 0.15) is 12.4 Å². The summed E-state index contributed by atoms with van der Waals surface area (Å²) in [7, 11) is 1.92. The summed E-state index contributed by atoms with van der Waals surface area (Å²) in [5.41, 5.74) is 2.37. The van der Waals surface area contributed by atoms with Gasteiger partial charge >= 0.3 is 0 Å². The molecule has 1 aromatic heterocycles. The van der Waals surface area contributed by atoms with Gasteiger partial charge in [-0.25, -0.2) is 9.97 Å². The number of benzene rings is 1. The van der Waals surface area contributed by atoms with Crippen LogP contribution in [0.4, 0.5) is 0 Å². The number of hydrogen-bond donors (Lipinski definition) is 1. The molecule has 0 aliphatic heterocycles. The lowest BCUT2D eigenvalue weighted by molar-refractivity contribution is 0.292. The van der Waals surface area contributed by atoms with E-state index < -0.39 is 0 Å². The van der Waals surface area contributed by atoms with Crippen LogP contribution in [0, 0.1) is 6.92 Å². The Bertz CT molecular complexity index is 500. The van der Waals surface area contributed by atoms with Crippen LogP contribution < -0.4 is 10.1 Å². The molecule has 0 bridgehead atoms. The van der Waals surface area contributed by atoms with Gasteiger partial charge in [0.05, 0.1) is 0 Å². The Morgan fingerprint density at radius 3 is 2.72 bits per heavy atom. The molecule has 4 nitrogen and oxygen atoms in total. The van der Waals surface area contributed by atoms with Crippen LogP contribution in [0.3, 0.4) is 0 Å². The highest BCUT2D eigenvalue weighted by Gasteiger charge is 2.04. The quantitative estimate of drug-likeness (QED) is 0.873. The van der Waals surface area contributed by atoms with Gasteiger partial charge in [-0.3, -0.25) is 0 Å². The molecule has 1 aromatic carbocycles. The van der Waals surface area contributed by atoms with Crippen molar-refractivity contribution in [3.8, 4) is 5.75 Å². The van der Waals surface area contributed by atoms with Crippen molar-refractivity contribution in [1.82, 2.24) is 15.3 Å². The topological polar surface area (TPSA) is 47.0 Å². The van der Waals surface area contributed by atoms with Crippen molar-refractivity contribution in [3.63, 3.8) is 0 Å². The summed E-state index contributed by atoms with van der Waals surface area (Å²) in [6, 6.07) is 7.95. The standard InChI is InChI=1S/C14H17N3O/c1-11-4-5-13(12(8-11)9-15-2)18-10-14-16-6-3-7-17-14/h3-8,15H,9-10H2,1-2H3. The summed E-state index contributed by atoms with van der Waals surface area (Å²) in [5.74, 6) is 1.57. The average Bonchev–Trinajstić information content (AvgIpc) is 2.39. The third-order valence-electron chi connectivity index (χ3n) is 2.56. The van der Waals surface area contributed by atoms with Gasteiger partial charge < -0.3 is 10.1 Å². The lowest BCUT2D eigenvalue weighted by atomic mass is 10.1. The molecule has 1 heterocycles. The normalized spacial score (nSPS) is 10.3. The molecule has 0 spiro atoms. The zero-order valence-electron chi connectivity index (χ0n) is 10.7. The number of rotatable bonds is 5. The van der Waals surface area contributed by atoms with Crippen molar-refractivity contribution >= 4 is 0 Å².